The van der Waals surface area contributed by atoms with Gasteiger partial charge in [-0.05, 0) is 32.1 Å². The first-order valence-electron chi connectivity index (χ1n) is 10.5. The van der Waals surface area contributed by atoms with Crippen molar-refractivity contribution in [2.24, 2.45) is 23.1 Å². The molecule has 24 heavy (non-hydrogen) atoms. The Morgan fingerprint density at radius 1 is 0.667 bits per heavy atom. The molecule has 0 saturated heterocycles. The summed E-state index contributed by atoms with van der Waals surface area (Å²) in [5, 5.41) is 0. The van der Waals surface area contributed by atoms with Gasteiger partial charge < -0.3 is 17.2 Å². The number of allylic oxidation sites excluding steroid dienone is 2. The molecule has 0 aliphatic carbocycles. The average Bonchev–Trinajstić information content (AvgIpc) is 2.53. The van der Waals surface area contributed by atoms with Crippen molar-refractivity contribution >= 4 is 0 Å². The second-order valence-electron chi connectivity index (χ2n) is 7.63. The van der Waals surface area contributed by atoms with Crippen molar-refractivity contribution < 1.29 is 0 Å². The van der Waals surface area contributed by atoms with Gasteiger partial charge in [-0.2, -0.15) is 0 Å². The lowest BCUT2D eigenvalue weighted by Gasteiger charge is -2.26. The van der Waals surface area contributed by atoms with E-state index in [1.54, 1.807) is 0 Å². The molecule has 0 saturated carbocycles. The van der Waals surface area contributed by atoms with Gasteiger partial charge in [0.15, 0.2) is 0 Å². The van der Waals surface area contributed by atoms with E-state index in [4.69, 9.17) is 17.2 Å². The van der Waals surface area contributed by atoms with Crippen molar-refractivity contribution in [3.8, 4) is 0 Å². The van der Waals surface area contributed by atoms with Gasteiger partial charge in [0, 0.05) is 5.92 Å². The van der Waals surface area contributed by atoms with E-state index in [1.807, 2.05) is 6.92 Å². The summed E-state index contributed by atoms with van der Waals surface area (Å²) in [4.78, 5) is 0. The molecule has 0 bridgehead atoms. The van der Waals surface area contributed by atoms with Gasteiger partial charge in [-0.3, -0.25) is 0 Å². The maximum Gasteiger partial charge on any atom is 0.118 e. The fraction of sp³-hybridized carbons (Fsp3) is 0.905. The molecule has 144 valence electrons. The smallest absolute Gasteiger partial charge is 0.118 e. The van der Waals surface area contributed by atoms with Gasteiger partial charge in [-0.25, -0.2) is 0 Å². The van der Waals surface area contributed by atoms with Crippen LogP contribution in [-0.2, 0) is 0 Å². The van der Waals surface area contributed by atoms with Crippen LogP contribution in [-0.4, -0.2) is 5.79 Å². The minimum Gasteiger partial charge on any atom is -0.301 e. The Morgan fingerprint density at radius 2 is 1.08 bits per heavy atom. The van der Waals surface area contributed by atoms with Crippen LogP contribution in [0.15, 0.2) is 12.2 Å². The highest BCUT2D eigenvalue weighted by atomic mass is 15.1. The van der Waals surface area contributed by atoms with Crippen molar-refractivity contribution in [1.29, 1.82) is 0 Å². The molecule has 0 radical (unpaired) electrons. The van der Waals surface area contributed by atoms with Crippen LogP contribution in [0.3, 0.4) is 0 Å². The third-order valence-electron chi connectivity index (χ3n) is 5.00. The number of hydrogen-bond donors (Lipinski definition) is 3. The molecule has 0 amide bonds. The summed E-state index contributed by atoms with van der Waals surface area (Å²) < 4.78 is 0. The highest BCUT2D eigenvalue weighted by molar-refractivity contribution is 4.81. The molecule has 0 aromatic carbocycles. The van der Waals surface area contributed by atoms with Gasteiger partial charge in [0.2, 0.25) is 0 Å². The normalized spacial score (nSPS) is 13.7. The summed E-state index contributed by atoms with van der Waals surface area (Å²) in [5.41, 5.74) is 17.1. The largest absolute Gasteiger partial charge is 0.301 e. The van der Waals surface area contributed by atoms with E-state index < -0.39 is 5.79 Å². The van der Waals surface area contributed by atoms with E-state index >= 15 is 0 Å². The molecule has 0 aromatic heterocycles. The Morgan fingerprint density at radius 3 is 1.54 bits per heavy atom. The average molecular weight is 340 g/mol. The summed E-state index contributed by atoms with van der Waals surface area (Å²) in [7, 11) is 0. The molecular weight excluding hydrogens is 294 g/mol. The lowest BCUT2D eigenvalue weighted by atomic mass is 9.96. The van der Waals surface area contributed by atoms with Crippen LogP contribution in [0.1, 0.15) is 110 Å². The minimum atomic E-state index is -1.01. The molecule has 0 fully saturated rings. The molecule has 6 N–H and O–H groups in total. The Labute approximate surface area is 151 Å². The number of hydrogen-bond acceptors (Lipinski definition) is 3. The van der Waals surface area contributed by atoms with E-state index in [1.165, 1.54) is 89.9 Å². The van der Waals surface area contributed by atoms with Gasteiger partial charge in [-0.15, -0.1) is 0 Å². The van der Waals surface area contributed by atoms with E-state index in [-0.39, 0.29) is 5.92 Å². The first-order chi connectivity index (χ1) is 11.5. The van der Waals surface area contributed by atoms with Gasteiger partial charge in [0.1, 0.15) is 5.79 Å². The second kappa shape index (κ2) is 16.1. The van der Waals surface area contributed by atoms with Gasteiger partial charge in [-0.1, -0.05) is 90.2 Å². The first kappa shape index (κ1) is 23.6. The van der Waals surface area contributed by atoms with Crippen LogP contribution in [0.5, 0.6) is 0 Å². The van der Waals surface area contributed by atoms with Crippen molar-refractivity contribution in [1.82, 2.24) is 0 Å². The molecule has 3 heteroatoms. The summed E-state index contributed by atoms with van der Waals surface area (Å²) in [5.74, 6) is -0.823. The Kier molecular flexibility index (Phi) is 15.9. The quantitative estimate of drug-likeness (QED) is 0.184. The van der Waals surface area contributed by atoms with Crippen molar-refractivity contribution in [2.75, 3.05) is 0 Å². The van der Waals surface area contributed by atoms with Crippen LogP contribution in [0.2, 0.25) is 0 Å². The molecular formula is C21H45N3. The number of nitrogens with two attached hydrogens (primary N) is 3. The number of unbranched alkanes of at least 4 members (excludes halogenated alkanes) is 12. The summed E-state index contributed by atoms with van der Waals surface area (Å²) >= 11 is 0. The highest BCUT2D eigenvalue weighted by Gasteiger charge is 2.20. The lowest BCUT2D eigenvalue weighted by molar-refractivity contribution is 0.284. The second-order valence-corrected chi connectivity index (χ2v) is 7.63. The predicted octanol–water partition coefficient (Wildman–Crippen LogP) is 5.58. The molecule has 0 aliphatic rings. The Bertz CT molecular complexity index is 281. The standard InChI is InChI=1S/C21H45N3/c1-3-4-5-6-7-8-9-10-11-12-13-14-15-16-17-18-19-20(2)21(22,23)24/h10-11,20H,3-9,12-19,22-24H2,1-2H3/b11-10-. The summed E-state index contributed by atoms with van der Waals surface area (Å²) in [6.07, 6.45) is 24.5. The zero-order chi connectivity index (χ0) is 18.1. The molecule has 0 aliphatic heterocycles. The van der Waals surface area contributed by atoms with Gasteiger partial charge >= 0.3 is 0 Å². The third-order valence-corrected chi connectivity index (χ3v) is 5.00. The molecule has 1 unspecified atom stereocenters. The number of rotatable bonds is 17. The first-order valence-corrected chi connectivity index (χ1v) is 10.5. The maximum atomic E-state index is 5.69. The van der Waals surface area contributed by atoms with Crippen molar-refractivity contribution in [3.05, 3.63) is 12.2 Å². The van der Waals surface area contributed by atoms with E-state index in [0.717, 1.165) is 6.42 Å². The lowest BCUT2D eigenvalue weighted by Crippen LogP contribution is -2.62. The zero-order valence-electron chi connectivity index (χ0n) is 16.6. The van der Waals surface area contributed by atoms with Crippen LogP contribution < -0.4 is 17.2 Å². The highest BCUT2D eigenvalue weighted by Crippen LogP contribution is 2.15. The SMILES string of the molecule is CCCCCCCC/C=C\CCCCCCCCC(C)C(N)(N)N. The summed E-state index contributed by atoms with van der Waals surface area (Å²) in [6, 6.07) is 0. The van der Waals surface area contributed by atoms with Crippen LogP contribution in [0.4, 0.5) is 0 Å². The maximum absolute atomic E-state index is 5.69. The van der Waals surface area contributed by atoms with Crippen LogP contribution >= 0.6 is 0 Å². The fourth-order valence-corrected chi connectivity index (χ4v) is 2.95. The molecule has 0 aromatic rings. The monoisotopic (exact) mass is 339 g/mol. The fourth-order valence-electron chi connectivity index (χ4n) is 2.95. The minimum absolute atomic E-state index is 0.189. The zero-order valence-corrected chi connectivity index (χ0v) is 16.6. The van der Waals surface area contributed by atoms with E-state index in [0.29, 0.717) is 0 Å². The predicted molar refractivity (Wildman–Crippen MR) is 109 cm³/mol. The van der Waals surface area contributed by atoms with Crippen LogP contribution in [0.25, 0.3) is 0 Å². The third kappa shape index (κ3) is 16.5. The van der Waals surface area contributed by atoms with Crippen molar-refractivity contribution in [3.63, 3.8) is 0 Å². The summed E-state index contributed by atoms with van der Waals surface area (Å²) in [6.45, 7) is 4.31. The topological polar surface area (TPSA) is 78.1 Å². The Balaban J connectivity index is 3.21. The van der Waals surface area contributed by atoms with Crippen LogP contribution in [0, 0.1) is 5.92 Å². The molecule has 1 atom stereocenters. The molecule has 0 heterocycles. The van der Waals surface area contributed by atoms with E-state index in [9.17, 15) is 0 Å². The Hall–Kier alpha value is -0.380. The van der Waals surface area contributed by atoms with E-state index in [2.05, 4.69) is 19.1 Å². The van der Waals surface area contributed by atoms with Gasteiger partial charge in [0.05, 0.1) is 0 Å². The molecule has 3 nitrogen and oxygen atoms in total. The van der Waals surface area contributed by atoms with Crippen molar-refractivity contribution in [2.45, 2.75) is 116 Å². The van der Waals surface area contributed by atoms with Gasteiger partial charge in [0.25, 0.3) is 0 Å². The molecule has 0 rings (SSSR count). The molecule has 0 spiro atoms.